The van der Waals surface area contributed by atoms with Crippen molar-refractivity contribution in [1.29, 1.82) is 0 Å². The van der Waals surface area contributed by atoms with Gasteiger partial charge in [0.15, 0.2) is 0 Å². The Kier molecular flexibility index (Phi) is 2.72. The second-order valence-electron chi connectivity index (χ2n) is 4.36. The Morgan fingerprint density at radius 2 is 1.00 bits per heavy atom. The summed E-state index contributed by atoms with van der Waals surface area (Å²) >= 11 is 0. The molecule has 0 bridgehead atoms. The zero-order chi connectivity index (χ0) is 13.2. The number of hydrogen-bond acceptors (Lipinski definition) is 2. The van der Waals surface area contributed by atoms with Crippen molar-refractivity contribution in [3.8, 4) is 22.3 Å². The molecule has 1 aromatic carbocycles. The van der Waals surface area contributed by atoms with Crippen LogP contribution in [0.15, 0.2) is 66.7 Å². The highest BCUT2D eigenvalue weighted by atomic mass is 16.6. The quantitative estimate of drug-likeness (QED) is 0.500. The van der Waals surface area contributed by atoms with Gasteiger partial charge in [0.1, 0.15) is 0 Å². The first-order chi connectivity index (χ1) is 9.24. The lowest BCUT2D eigenvalue weighted by Crippen LogP contribution is -1.86. The Labute approximate surface area is 110 Å². The molecule has 2 aliphatic carbocycles. The standard InChI is InChI=1S/C16H11NO2/c18-17(19)16-10-8-15(9-11-16)14-6-4-12-2-1-3-13(12)5-7-14/h1-11H. The van der Waals surface area contributed by atoms with Gasteiger partial charge in [-0.2, -0.15) is 0 Å². The predicted molar refractivity (Wildman–Crippen MR) is 75.2 cm³/mol. The summed E-state index contributed by atoms with van der Waals surface area (Å²) in [4.78, 5) is 10.2. The first kappa shape index (κ1) is 11.4. The molecule has 19 heavy (non-hydrogen) atoms. The van der Waals surface area contributed by atoms with Gasteiger partial charge in [0.25, 0.3) is 5.69 Å². The maximum Gasteiger partial charge on any atom is 0.269 e. The van der Waals surface area contributed by atoms with Crippen LogP contribution in [-0.4, -0.2) is 4.92 Å². The summed E-state index contributed by atoms with van der Waals surface area (Å²) in [6.45, 7) is 0. The van der Waals surface area contributed by atoms with E-state index < -0.39 is 0 Å². The number of fused-ring (bicyclic) bond motifs is 1. The van der Waals surface area contributed by atoms with Gasteiger partial charge in [0, 0.05) is 12.1 Å². The van der Waals surface area contributed by atoms with Gasteiger partial charge in [-0.1, -0.05) is 42.5 Å². The Morgan fingerprint density at radius 1 is 0.632 bits per heavy atom. The van der Waals surface area contributed by atoms with E-state index in [2.05, 4.69) is 24.3 Å². The molecule has 0 fully saturated rings. The summed E-state index contributed by atoms with van der Waals surface area (Å²) in [5.41, 5.74) is 4.51. The van der Waals surface area contributed by atoms with Crippen LogP contribution in [0.4, 0.5) is 5.69 Å². The predicted octanol–water partition coefficient (Wildman–Crippen LogP) is 4.37. The number of benzene rings is 1. The highest BCUT2D eigenvalue weighted by molar-refractivity contribution is 5.71. The van der Waals surface area contributed by atoms with E-state index in [1.807, 2.05) is 18.2 Å². The van der Waals surface area contributed by atoms with Crippen LogP contribution in [0.25, 0.3) is 22.3 Å². The molecule has 0 saturated carbocycles. The van der Waals surface area contributed by atoms with Crippen LogP contribution in [0.3, 0.4) is 0 Å². The lowest BCUT2D eigenvalue weighted by Gasteiger charge is -1.98. The fourth-order valence-electron chi connectivity index (χ4n) is 2.13. The number of rotatable bonds is 2. The first-order valence-electron chi connectivity index (χ1n) is 5.98. The molecule has 0 aromatic heterocycles. The molecule has 2 aliphatic rings. The van der Waals surface area contributed by atoms with E-state index in [9.17, 15) is 10.1 Å². The van der Waals surface area contributed by atoms with Gasteiger partial charge < -0.3 is 0 Å². The number of nitro groups is 1. The van der Waals surface area contributed by atoms with Gasteiger partial charge in [-0.15, -0.1) is 0 Å². The molecule has 0 saturated heterocycles. The van der Waals surface area contributed by atoms with E-state index in [0.717, 1.165) is 11.1 Å². The zero-order valence-corrected chi connectivity index (χ0v) is 10.1. The third kappa shape index (κ3) is 2.18. The minimum Gasteiger partial charge on any atom is -0.258 e. The fraction of sp³-hybridized carbons (Fsp3) is 0. The molecule has 0 aliphatic heterocycles. The maximum absolute atomic E-state index is 10.6. The van der Waals surface area contributed by atoms with E-state index in [0.29, 0.717) is 0 Å². The Morgan fingerprint density at radius 3 is 1.42 bits per heavy atom. The van der Waals surface area contributed by atoms with Crippen LogP contribution in [0.1, 0.15) is 0 Å². The highest BCUT2D eigenvalue weighted by Crippen LogP contribution is 2.26. The van der Waals surface area contributed by atoms with Gasteiger partial charge in [-0.25, -0.2) is 0 Å². The molecule has 3 rings (SSSR count). The van der Waals surface area contributed by atoms with Gasteiger partial charge in [-0.3, -0.25) is 10.1 Å². The molecule has 3 heteroatoms. The lowest BCUT2D eigenvalue weighted by atomic mass is 10.1. The van der Waals surface area contributed by atoms with Gasteiger partial charge >= 0.3 is 0 Å². The summed E-state index contributed by atoms with van der Waals surface area (Å²) in [5, 5.41) is 10.6. The zero-order valence-electron chi connectivity index (χ0n) is 10.1. The average molecular weight is 249 g/mol. The average Bonchev–Trinajstić information content (AvgIpc) is 2.78. The fourth-order valence-corrected chi connectivity index (χ4v) is 2.13. The van der Waals surface area contributed by atoms with Crippen LogP contribution in [0, 0.1) is 10.1 Å². The summed E-state index contributed by atoms with van der Waals surface area (Å²) in [6, 6.07) is 21.0. The molecule has 92 valence electrons. The molecular weight excluding hydrogens is 238 g/mol. The molecule has 0 atom stereocenters. The highest BCUT2D eigenvalue weighted by Gasteiger charge is 2.05. The van der Waals surface area contributed by atoms with Crippen molar-refractivity contribution in [2.75, 3.05) is 0 Å². The number of hydrogen-bond donors (Lipinski definition) is 0. The largest absolute Gasteiger partial charge is 0.269 e. The number of nitro benzene ring substituents is 1. The number of non-ortho nitro benzene ring substituents is 1. The van der Waals surface area contributed by atoms with E-state index >= 15 is 0 Å². The smallest absolute Gasteiger partial charge is 0.258 e. The lowest BCUT2D eigenvalue weighted by molar-refractivity contribution is -0.384. The van der Waals surface area contributed by atoms with E-state index in [-0.39, 0.29) is 10.6 Å². The van der Waals surface area contributed by atoms with Crippen molar-refractivity contribution in [1.82, 2.24) is 0 Å². The van der Waals surface area contributed by atoms with Crippen LogP contribution in [0.2, 0.25) is 0 Å². The molecule has 0 radical (unpaired) electrons. The SMILES string of the molecule is O=[N+]([O-])c1ccc(-c2ccc3cccc-3cc2)cc1. The molecule has 3 nitrogen and oxygen atoms in total. The van der Waals surface area contributed by atoms with Crippen LogP contribution in [-0.2, 0) is 0 Å². The topological polar surface area (TPSA) is 43.1 Å². The summed E-state index contributed by atoms with van der Waals surface area (Å²) in [6.07, 6.45) is 0. The molecule has 0 N–H and O–H groups in total. The van der Waals surface area contributed by atoms with Crippen molar-refractivity contribution >= 4 is 5.69 Å². The van der Waals surface area contributed by atoms with Crippen LogP contribution >= 0.6 is 0 Å². The maximum atomic E-state index is 10.6. The van der Waals surface area contributed by atoms with E-state index in [1.54, 1.807) is 12.1 Å². The van der Waals surface area contributed by atoms with Gasteiger partial charge in [-0.05, 0) is 34.4 Å². The van der Waals surface area contributed by atoms with E-state index in [1.165, 1.54) is 23.3 Å². The van der Waals surface area contributed by atoms with Crippen molar-refractivity contribution in [2.45, 2.75) is 0 Å². The van der Waals surface area contributed by atoms with Crippen LogP contribution < -0.4 is 0 Å². The summed E-state index contributed by atoms with van der Waals surface area (Å²) in [5.74, 6) is 0. The number of nitrogens with zero attached hydrogens (tertiary/aromatic N) is 1. The Bertz CT molecular complexity index is 673. The second-order valence-corrected chi connectivity index (χ2v) is 4.36. The Balaban J connectivity index is 2.04. The van der Waals surface area contributed by atoms with Crippen molar-refractivity contribution in [2.24, 2.45) is 0 Å². The van der Waals surface area contributed by atoms with Crippen molar-refractivity contribution in [3.05, 3.63) is 76.8 Å². The molecule has 0 amide bonds. The third-order valence-corrected chi connectivity index (χ3v) is 3.18. The Hall–Kier alpha value is -2.68. The third-order valence-electron chi connectivity index (χ3n) is 3.18. The minimum atomic E-state index is -0.386. The first-order valence-corrected chi connectivity index (χ1v) is 5.98. The van der Waals surface area contributed by atoms with Gasteiger partial charge in [0.2, 0.25) is 0 Å². The summed E-state index contributed by atoms with van der Waals surface area (Å²) in [7, 11) is 0. The molecular formula is C16H11NO2. The second kappa shape index (κ2) is 4.53. The molecule has 0 heterocycles. The normalized spacial score (nSPS) is 10.5. The molecule has 0 unspecified atom stereocenters. The molecule has 0 spiro atoms. The van der Waals surface area contributed by atoms with Crippen molar-refractivity contribution in [3.63, 3.8) is 0 Å². The van der Waals surface area contributed by atoms with Crippen LogP contribution in [0.5, 0.6) is 0 Å². The minimum absolute atomic E-state index is 0.114. The monoisotopic (exact) mass is 249 g/mol. The molecule has 1 aromatic rings. The van der Waals surface area contributed by atoms with Gasteiger partial charge in [0.05, 0.1) is 4.92 Å². The summed E-state index contributed by atoms with van der Waals surface area (Å²) < 4.78 is 0. The van der Waals surface area contributed by atoms with Crippen molar-refractivity contribution < 1.29 is 4.92 Å². The van der Waals surface area contributed by atoms with E-state index in [4.69, 9.17) is 0 Å².